The van der Waals surface area contributed by atoms with Gasteiger partial charge in [0, 0.05) is 11.6 Å². The first-order valence-electron chi connectivity index (χ1n) is 5.98. The molecule has 1 aromatic rings. The maximum absolute atomic E-state index is 13.4. The minimum Gasteiger partial charge on any atom is -0.372 e. The van der Waals surface area contributed by atoms with Crippen molar-refractivity contribution in [2.24, 2.45) is 5.73 Å². The van der Waals surface area contributed by atoms with Crippen LogP contribution in [-0.2, 0) is 11.3 Å². The van der Waals surface area contributed by atoms with E-state index in [0.29, 0.717) is 0 Å². The molecular weight excluding hydrogens is 224 g/mol. The van der Waals surface area contributed by atoms with Crippen LogP contribution in [0.4, 0.5) is 8.78 Å². The van der Waals surface area contributed by atoms with E-state index in [9.17, 15) is 8.78 Å². The molecule has 17 heavy (non-hydrogen) atoms. The quantitative estimate of drug-likeness (QED) is 0.883. The van der Waals surface area contributed by atoms with Crippen LogP contribution in [0, 0.1) is 11.6 Å². The lowest BCUT2D eigenvalue weighted by Crippen LogP contribution is -2.39. The Hall–Kier alpha value is -1.00. The predicted molar refractivity (Wildman–Crippen MR) is 61.4 cm³/mol. The molecule has 2 rings (SSSR count). The van der Waals surface area contributed by atoms with E-state index in [2.05, 4.69) is 0 Å². The number of benzene rings is 1. The Labute approximate surface area is 99.8 Å². The van der Waals surface area contributed by atoms with Crippen molar-refractivity contribution in [3.05, 3.63) is 35.4 Å². The van der Waals surface area contributed by atoms with Crippen molar-refractivity contribution in [1.29, 1.82) is 0 Å². The van der Waals surface area contributed by atoms with E-state index in [0.717, 1.165) is 25.7 Å². The Bertz CT molecular complexity index is 363. The summed E-state index contributed by atoms with van der Waals surface area (Å²) in [5, 5.41) is 0. The van der Waals surface area contributed by atoms with Gasteiger partial charge in [-0.3, -0.25) is 0 Å². The normalized spacial score (nSPS) is 24.9. The Balaban J connectivity index is 1.97. The molecule has 0 heterocycles. The molecule has 1 aliphatic rings. The number of nitrogens with two attached hydrogens (primary N) is 1. The highest BCUT2D eigenvalue weighted by Crippen LogP contribution is 2.22. The van der Waals surface area contributed by atoms with Crippen molar-refractivity contribution in [1.82, 2.24) is 0 Å². The molecule has 0 aromatic heterocycles. The van der Waals surface area contributed by atoms with Crippen LogP contribution >= 0.6 is 0 Å². The first-order chi connectivity index (χ1) is 8.18. The molecule has 0 amide bonds. The lowest BCUT2D eigenvalue weighted by molar-refractivity contribution is 0.00164. The zero-order chi connectivity index (χ0) is 12.3. The zero-order valence-corrected chi connectivity index (χ0v) is 9.66. The lowest BCUT2D eigenvalue weighted by Gasteiger charge is -2.28. The average molecular weight is 241 g/mol. The molecule has 2 atom stereocenters. The summed E-state index contributed by atoms with van der Waals surface area (Å²) in [6.07, 6.45) is 3.89. The number of hydrogen-bond donors (Lipinski definition) is 1. The molecule has 2 N–H and O–H groups in total. The van der Waals surface area contributed by atoms with Crippen LogP contribution in [0.25, 0.3) is 0 Å². The zero-order valence-electron chi connectivity index (χ0n) is 9.66. The van der Waals surface area contributed by atoms with E-state index in [1.165, 1.54) is 18.2 Å². The standard InChI is InChI=1S/C13H17F2NO/c14-10-4-3-5-11(15)9(10)8-17-13-7-2-1-6-12(13)16/h3-5,12-13H,1-2,6-8,16H2. The molecular formula is C13H17F2NO. The van der Waals surface area contributed by atoms with Crippen LogP contribution < -0.4 is 5.73 Å². The van der Waals surface area contributed by atoms with Gasteiger partial charge in [0.2, 0.25) is 0 Å². The Morgan fingerprint density at radius 3 is 2.47 bits per heavy atom. The molecule has 1 fully saturated rings. The summed E-state index contributed by atoms with van der Waals surface area (Å²) in [6.45, 7) is -0.0448. The van der Waals surface area contributed by atoms with E-state index >= 15 is 0 Å². The largest absolute Gasteiger partial charge is 0.372 e. The fraction of sp³-hybridized carbons (Fsp3) is 0.538. The van der Waals surface area contributed by atoms with E-state index in [1.807, 2.05) is 0 Å². The van der Waals surface area contributed by atoms with Gasteiger partial charge < -0.3 is 10.5 Å². The molecule has 4 heteroatoms. The van der Waals surface area contributed by atoms with Gasteiger partial charge in [-0.2, -0.15) is 0 Å². The minimum absolute atomic E-state index is 0.00901. The van der Waals surface area contributed by atoms with Gasteiger partial charge in [0.05, 0.1) is 12.7 Å². The first kappa shape index (κ1) is 12.5. The van der Waals surface area contributed by atoms with Gasteiger partial charge in [-0.15, -0.1) is 0 Å². The van der Waals surface area contributed by atoms with Crippen molar-refractivity contribution < 1.29 is 13.5 Å². The van der Waals surface area contributed by atoms with Gasteiger partial charge in [0.15, 0.2) is 0 Å². The third-order valence-electron chi connectivity index (χ3n) is 3.26. The minimum atomic E-state index is -0.561. The predicted octanol–water partition coefficient (Wildman–Crippen LogP) is 2.75. The molecule has 1 aromatic carbocycles. The van der Waals surface area contributed by atoms with Gasteiger partial charge in [0.25, 0.3) is 0 Å². The highest BCUT2D eigenvalue weighted by Gasteiger charge is 2.23. The summed E-state index contributed by atoms with van der Waals surface area (Å²) in [5.74, 6) is -1.12. The fourth-order valence-electron chi connectivity index (χ4n) is 2.19. The molecule has 2 unspecified atom stereocenters. The van der Waals surface area contributed by atoms with Gasteiger partial charge in [-0.25, -0.2) is 8.78 Å². The van der Waals surface area contributed by atoms with Crippen LogP contribution in [0.5, 0.6) is 0 Å². The van der Waals surface area contributed by atoms with Crippen LogP contribution in [0.1, 0.15) is 31.2 Å². The lowest BCUT2D eigenvalue weighted by atomic mass is 9.93. The number of ether oxygens (including phenoxy) is 1. The molecule has 0 spiro atoms. The van der Waals surface area contributed by atoms with E-state index in [4.69, 9.17) is 10.5 Å². The molecule has 0 saturated heterocycles. The maximum atomic E-state index is 13.4. The molecule has 1 aliphatic carbocycles. The molecule has 94 valence electrons. The second-order valence-corrected chi connectivity index (χ2v) is 4.50. The fourth-order valence-corrected chi connectivity index (χ4v) is 2.19. The smallest absolute Gasteiger partial charge is 0.131 e. The molecule has 2 nitrogen and oxygen atoms in total. The van der Waals surface area contributed by atoms with Crippen molar-refractivity contribution in [2.45, 2.75) is 44.4 Å². The summed E-state index contributed by atoms with van der Waals surface area (Å²) >= 11 is 0. The second kappa shape index (κ2) is 5.56. The summed E-state index contributed by atoms with van der Waals surface area (Å²) in [6, 6.07) is 3.81. The van der Waals surface area contributed by atoms with Crippen molar-refractivity contribution in [3.8, 4) is 0 Å². The monoisotopic (exact) mass is 241 g/mol. The maximum Gasteiger partial charge on any atom is 0.131 e. The van der Waals surface area contributed by atoms with Crippen molar-refractivity contribution in [2.75, 3.05) is 0 Å². The highest BCUT2D eigenvalue weighted by atomic mass is 19.1. The summed E-state index contributed by atoms with van der Waals surface area (Å²) < 4.78 is 32.2. The third-order valence-corrected chi connectivity index (χ3v) is 3.26. The van der Waals surface area contributed by atoms with Gasteiger partial charge in [-0.05, 0) is 25.0 Å². The molecule has 0 bridgehead atoms. The van der Waals surface area contributed by atoms with Crippen LogP contribution in [-0.4, -0.2) is 12.1 Å². The Kier molecular flexibility index (Phi) is 4.07. The topological polar surface area (TPSA) is 35.2 Å². The summed E-state index contributed by atoms with van der Waals surface area (Å²) in [7, 11) is 0. The number of hydrogen-bond acceptors (Lipinski definition) is 2. The highest BCUT2D eigenvalue weighted by molar-refractivity contribution is 5.18. The van der Waals surface area contributed by atoms with Crippen LogP contribution in [0.2, 0.25) is 0 Å². The molecule has 0 radical (unpaired) electrons. The van der Waals surface area contributed by atoms with Crippen LogP contribution in [0.3, 0.4) is 0 Å². The van der Waals surface area contributed by atoms with E-state index in [1.54, 1.807) is 0 Å². The van der Waals surface area contributed by atoms with Crippen LogP contribution in [0.15, 0.2) is 18.2 Å². The number of halogens is 2. The summed E-state index contributed by atoms with van der Waals surface area (Å²) in [5.41, 5.74) is 5.90. The first-order valence-corrected chi connectivity index (χ1v) is 5.98. The molecule has 0 aliphatic heterocycles. The Morgan fingerprint density at radius 2 is 1.82 bits per heavy atom. The Morgan fingerprint density at radius 1 is 1.18 bits per heavy atom. The third kappa shape index (κ3) is 3.01. The number of rotatable bonds is 3. The van der Waals surface area contributed by atoms with E-state index in [-0.39, 0.29) is 24.3 Å². The van der Waals surface area contributed by atoms with Gasteiger partial charge in [0.1, 0.15) is 11.6 Å². The van der Waals surface area contributed by atoms with Crippen molar-refractivity contribution in [3.63, 3.8) is 0 Å². The second-order valence-electron chi connectivity index (χ2n) is 4.50. The van der Waals surface area contributed by atoms with Gasteiger partial charge in [-0.1, -0.05) is 18.9 Å². The summed E-state index contributed by atoms with van der Waals surface area (Å²) in [4.78, 5) is 0. The van der Waals surface area contributed by atoms with Gasteiger partial charge >= 0.3 is 0 Å². The average Bonchev–Trinajstić information content (AvgIpc) is 2.30. The van der Waals surface area contributed by atoms with Crippen molar-refractivity contribution >= 4 is 0 Å². The van der Waals surface area contributed by atoms with E-state index < -0.39 is 11.6 Å². The molecule has 1 saturated carbocycles. The SMILES string of the molecule is NC1CCCCC1OCc1c(F)cccc1F.